The molecule has 176 valence electrons. The molecule has 0 N–H and O–H groups in total. The maximum atomic E-state index is 6.45. The molecule has 0 spiro atoms. The second-order valence-corrected chi connectivity index (χ2v) is 19.3. The van der Waals surface area contributed by atoms with Gasteiger partial charge in [0.2, 0.25) is 0 Å². The van der Waals surface area contributed by atoms with Crippen molar-refractivity contribution >= 4 is 42.9 Å². The minimum Gasteiger partial charge on any atom is -0.361 e. The zero-order valence-electron chi connectivity index (χ0n) is 20.2. The maximum absolute atomic E-state index is 6.45. The Balaban J connectivity index is 1.78. The van der Waals surface area contributed by atoms with Gasteiger partial charge in [0.25, 0.3) is 0 Å². The van der Waals surface area contributed by atoms with Gasteiger partial charge in [-0.2, -0.15) is 0 Å². The van der Waals surface area contributed by atoms with Crippen molar-refractivity contribution in [3.05, 3.63) is 108 Å². The summed E-state index contributed by atoms with van der Waals surface area (Å²) in [5.74, 6) is 0.961. The highest BCUT2D eigenvalue weighted by molar-refractivity contribution is 7.95. The Labute approximate surface area is 210 Å². The Morgan fingerprint density at radius 3 is 1.71 bits per heavy atom. The SMILES string of the molecule is C[Si](C)(C)CCOCn1cc(Cl)nc1C[P+](c1ccccc1)(c1ccccc1)c1ccccc1. The van der Waals surface area contributed by atoms with Crippen LogP contribution in [0.2, 0.25) is 30.8 Å². The van der Waals surface area contributed by atoms with E-state index in [1.807, 2.05) is 6.20 Å². The molecule has 4 aromatic rings. The summed E-state index contributed by atoms with van der Waals surface area (Å²) in [4.78, 5) is 4.78. The monoisotopic (exact) mass is 507 g/mol. The normalized spacial score (nSPS) is 12.1. The van der Waals surface area contributed by atoms with E-state index in [1.165, 1.54) is 15.9 Å². The zero-order chi connectivity index (χ0) is 24.0. The molecule has 3 nitrogen and oxygen atoms in total. The molecule has 0 aliphatic rings. The summed E-state index contributed by atoms with van der Waals surface area (Å²) in [5.41, 5.74) is 0. The number of aromatic nitrogens is 2. The van der Waals surface area contributed by atoms with E-state index in [2.05, 4.69) is 115 Å². The predicted octanol–water partition coefficient (Wildman–Crippen LogP) is 6.34. The van der Waals surface area contributed by atoms with Gasteiger partial charge in [0.05, 0.1) is 0 Å². The fourth-order valence-corrected chi connectivity index (χ4v) is 9.31. The molecule has 0 unspecified atom stereocenters. The summed E-state index contributed by atoms with van der Waals surface area (Å²) in [7, 11) is -3.19. The van der Waals surface area contributed by atoms with Crippen LogP contribution in [0.15, 0.2) is 97.2 Å². The number of imidazole rings is 1. The molecule has 0 radical (unpaired) electrons. The summed E-state index contributed by atoms with van der Waals surface area (Å²) in [6.45, 7) is 8.34. The Morgan fingerprint density at radius 2 is 1.26 bits per heavy atom. The van der Waals surface area contributed by atoms with E-state index in [9.17, 15) is 0 Å². The van der Waals surface area contributed by atoms with Gasteiger partial charge in [-0.25, -0.2) is 4.98 Å². The molecule has 1 heterocycles. The highest BCUT2D eigenvalue weighted by Gasteiger charge is 2.46. The van der Waals surface area contributed by atoms with E-state index in [0.29, 0.717) is 11.9 Å². The summed E-state index contributed by atoms with van der Waals surface area (Å²) in [6, 6.07) is 33.7. The largest absolute Gasteiger partial charge is 0.361 e. The second kappa shape index (κ2) is 11.0. The predicted molar refractivity (Wildman–Crippen MR) is 150 cm³/mol. The Hall–Kier alpha value is -2.23. The number of benzene rings is 3. The lowest BCUT2D eigenvalue weighted by molar-refractivity contribution is 0.0856. The van der Waals surface area contributed by atoms with Gasteiger partial charge in [-0.3, -0.25) is 0 Å². The fraction of sp³-hybridized carbons (Fsp3) is 0.250. The third-order valence-electron chi connectivity index (χ3n) is 6.03. The molecule has 0 saturated heterocycles. The number of nitrogens with zero attached hydrogens (tertiary/aromatic N) is 2. The van der Waals surface area contributed by atoms with Crippen LogP contribution in [0.3, 0.4) is 0 Å². The van der Waals surface area contributed by atoms with Gasteiger partial charge in [0.15, 0.2) is 5.82 Å². The average molecular weight is 508 g/mol. The molecule has 6 heteroatoms. The van der Waals surface area contributed by atoms with Crippen LogP contribution in [-0.4, -0.2) is 24.2 Å². The molecule has 3 aromatic carbocycles. The molecule has 0 atom stereocenters. The molecule has 0 amide bonds. The van der Waals surface area contributed by atoms with Crippen molar-refractivity contribution in [3.63, 3.8) is 0 Å². The Bertz CT molecular complexity index is 1080. The zero-order valence-corrected chi connectivity index (χ0v) is 22.8. The number of halogens is 1. The highest BCUT2D eigenvalue weighted by atomic mass is 35.5. The lowest BCUT2D eigenvalue weighted by Crippen LogP contribution is -2.33. The van der Waals surface area contributed by atoms with Crippen LogP contribution < -0.4 is 15.9 Å². The Morgan fingerprint density at radius 1 is 0.794 bits per heavy atom. The number of hydrogen-bond donors (Lipinski definition) is 0. The number of hydrogen-bond acceptors (Lipinski definition) is 2. The van der Waals surface area contributed by atoms with Crippen molar-refractivity contribution in [1.82, 2.24) is 9.55 Å². The van der Waals surface area contributed by atoms with Crippen LogP contribution in [-0.2, 0) is 17.6 Å². The van der Waals surface area contributed by atoms with Crippen LogP contribution in [0.4, 0.5) is 0 Å². The third-order valence-corrected chi connectivity index (χ3v) is 12.2. The lowest BCUT2D eigenvalue weighted by Gasteiger charge is -2.27. The standard InChI is InChI=1S/C28H33ClN2OPSi/c1-34(2,3)20-19-32-23-31-21-27(29)30-28(31)22-33(24-13-7-4-8-14-24,25-15-9-5-10-16-25)26-17-11-6-12-18-26/h4-18,21H,19-20,22-23H2,1-3H3/q+1. The van der Waals surface area contributed by atoms with E-state index < -0.39 is 15.3 Å². The van der Waals surface area contributed by atoms with Crippen molar-refractivity contribution < 1.29 is 4.74 Å². The third kappa shape index (κ3) is 5.87. The molecule has 4 rings (SSSR count). The number of rotatable bonds is 10. The van der Waals surface area contributed by atoms with Gasteiger partial charge in [-0.1, -0.05) is 85.8 Å². The van der Waals surface area contributed by atoms with Gasteiger partial charge >= 0.3 is 0 Å². The highest BCUT2D eigenvalue weighted by Crippen LogP contribution is 2.58. The van der Waals surface area contributed by atoms with E-state index in [0.717, 1.165) is 24.6 Å². The second-order valence-electron chi connectivity index (χ2n) is 9.77. The summed E-state index contributed by atoms with van der Waals surface area (Å²) in [6.07, 6.45) is 2.68. The van der Waals surface area contributed by atoms with Crippen LogP contribution in [0.25, 0.3) is 0 Å². The summed E-state index contributed by atoms with van der Waals surface area (Å²) < 4.78 is 8.19. The van der Waals surface area contributed by atoms with E-state index >= 15 is 0 Å². The van der Waals surface area contributed by atoms with Crippen LogP contribution in [0.5, 0.6) is 0 Å². The van der Waals surface area contributed by atoms with Crippen molar-refractivity contribution in [1.29, 1.82) is 0 Å². The molecule has 34 heavy (non-hydrogen) atoms. The first-order chi connectivity index (χ1) is 16.4. The smallest absolute Gasteiger partial charge is 0.151 e. The molecule has 1 aromatic heterocycles. The van der Waals surface area contributed by atoms with Gasteiger partial charge < -0.3 is 9.30 Å². The van der Waals surface area contributed by atoms with Crippen LogP contribution in [0.1, 0.15) is 5.82 Å². The molecule has 0 aliphatic carbocycles. The lowest BCUT2D eigenvalue weighted by atomic mass is 10.4. The first-order valence-electron chi connectivity index (χ1n) is 11.7. The minimum absolute atomic E-state index is 0.470. The van der Waals surface area contributed by atoms with Gasteiger partial charge in [0, 0.05) is 20.9 Å². The van der Waals surface area contributed by atoms with Crippen molar-refractivity contribution in [2.24, 2.45) is 0 Å². The number of ether oxygens (including phenoxy) is 1. The minimum atomic E-state index is -2.05. The van der Waals surface area contributed by atoms with Gasteiger partial charge in [-0.15, -0.1) is 0 Å². The van der Waals surface area contributed by atoms with Crippen LogP contribution >= 0.6 is 18.9 Å². The van der Waals surface area contributed by atoms with E-state index in [4.69, 9.17) is 21.3 Å². The van der Waals surface area contributed by atoms with Crippen molar-refractivity contribution in [2.75, 3.05) is 6.61 Å². The first-order valence-corrected chi connectivity index (χ1v) is 17.8. The molecular formula is C28H33ClN2OPSi+. The van der Waals surface area contributed by atoms with Crippen molar-refractivity contribution in [3.8, 4) is 0 Å². The molecule has 0 bridgehead atoms. The summed E-state index contributed by atoms with van der Waals surface area (Å²) >= 11 is 6.45. The van der Waals surface area contributed by atoms with Crippen LogP contribution in [0, 0.1) is 0 Å². The average Bonchev–Trinajstić information content (AvgIpc) is 3.20. The molecular weight excluding hydrogens is 475 g/mol. The quantitative estimate of drug-likeness (QED) is 0.142. The molecule has 0 fully saturated rings. The molecule has 0 aliphatic heterocycles. The summed E-state index contributed by atoms with van der Waals surface area (Å²) in [5, 5.41) is 4.50. The first kappa shape index (κ1) is 24.9. The fourth-order valence-electron chi connectivity index (χ4n) is 4.18. The Kier molecular flexibility index (Phi) is 8.05. The van der Waals surface area contributed by atoms with E-state index in [1.54, 1.807) is 0 Å². The maximum Gasteiger partial charge on any atom is 0.151 e. The topological polar surface area (TPSA) is 27.1 Å². The van der Waals surface area contributed by atoms with Gasteiger partial charge in [0.1, 0.15) is 41.2 Å². The molecule has 0 saturated carbocycles. The van der Waals surface area contributed by atoms with Crippen molar-refractivity contribution in [2.45, 2.75) is 38.6 Å². The van der Waals surface area contributed by atoms with E-state index in [-0.39, 0.29) is 0 Å². The van der Waals surface area contributed by atoms with Gasteiger partial charge in [-0.05, 0) is 42.4 Å².